The van der Waals surface area contributed by atoms with E-state index in [0.29, 0.717) is 10.8 Å². The summed E-state index contributed by atoms with van der Waals surface area (Å²) >= 11 is 6.32. The zero-order valence-electron chi connectivity index (χ0n) is 21.9. The van der Waals surface area contributed by atoms with Gasteiger partial charge in [0.1, 0.15) is 5.82 Å². The number of fused-ring (bicyclic) bond motifs is 1. The molecule has 4 aromatic rings. The summed E-state index contributed by atoms with van der Waals surface area (Å²) in [7, 11) is 0. The van der Waals surface area contributed by atoms with Crippen LogP contribution in [0.1, 0.15) is 29.1 Å². The smallest absolute Gasteiger partial charge is 0.287 e. The molecule has 0 bridgehead atoms. The molecule has 2 aliphatic heterocycles. The second-order valence-corrected chi connectivity index (χ2v) is 10.7. The van der Waals surface area contributed by atoms with E-state index in [9.17, 15) is 4.79 Å². The van der Waals surface area contributed by atoms with Crippen molar-refractivity contribution < 1.29 is 9.21 Å². The maximum atomic E-state index is 13.1. The van der Waals surface area contributed by atoms with Gasteiger partial charge in [-0.3, -0.25) is 14.7 Å². The topological polar surface area (TPSA) is 77.7 Å². The summed E-state index contributed by atoms with van der Waals surface area (Å²) in [4.78, 5) is 29.0. The van der Waals surface area contributed by atoms with Crippen molar-refractivity contribution in [3.63, 3.8) is 0 Å². The molecule has 0 unspecified atom stereocenters. The van der Waals surface area contributed by atoms with Crippen molar-refractivity contribution in [2.45, 2.75) is 25.3 Å². The maximum absolute atomic E-state index is 13.1. The number of aromatic nitrogens is 2. The number of anilines is 2. The SMILES string of the molecule is O=C(NC1CCN(c2ncccc2Cl)CC1)c1cc2cccc(N3CCN(CCc4ccccn4)CC3)c2o1. The highest BCUT2D eigenvalue weighted by molar-refractivity contribution is 6.32. The lowest BCUT2D eigenvalue weighted by molar-refractivity contribution is 0.0905. The van der Waals surface area contributed by atoms with Crippen LogP contribution >= 0.6 is 11.6 Å². The molecule has 1 aromatic carbocycles. The van der Waals surface area contributed by atoms with Crippen molar-refractivity contribution in [3.05, 3.63) is 83.5 Å². The van der Waals surface area contributed by atoms with Crippen LogP contribution in [0.4, 0.5) is 11.5 Å². The molecule has 0 saturated carbocycles. The van der Waals surface area contributed by atoms with Gasteiger partial charge in [-0.1, -0.05) is 29.8 Å². The predicted molar refractivity (Wildman–Crippen MR) is 155 cm³/mol. The number of nitrogens with one attached hydrogen (secondary N) is 1. The first-order valence-corrected chi connectivity index (χ1v) is 14.1. The number of rotatable bonds is 7. The van der Waals surface area contributed by atoms with Gasteiger partial charge in [0.15, 0.2) is 11.3 Å². The van der Waals surface area contributed by atoms with E-state index in [2.05, 4.69) is 42.1 Å². The van der Waals surface area contributed by atoms with Crippen molar-refractivity contribution in [1.82, 2.24) is 20.2 Å². The van der Waals surface area contributed by atoms with Crippen LogP contribution in [-0.4, -0.2) is 72.6 Å². The molecule has 2 aliphatic rings. The standard InChI is InChI=1S/C30H33ClN6O2/c31-25-7-4-13-33-29(25)37-15-10-24(11-16-37)34-30(38)27-21-22-5-3-8-26(28(22)39-27)36-19-17-35(18-20-36)14-9-23-6-1-2-12-32-23/h1-8,12-13,21,24H,9-11,14-20H2,(H,34,38). The fourth-order valence-electron chi connectivity index (χ4n) is 5.54. The third-order valence-corrected chi connectivity index (χ3v) is 8.03. The molecular formula is C30H33ClN6O2. The lowest BCUT2D eigenvalue weighted by Gasteiger charge is -2.36. The molecule has 2 saturated heterocycles. The van der Waals surface area contributed by atoms with Crippen LogP contribution in [-0.2, 0) is 6.42 Å². The number of halogens is 1. The highest BCUT2D eigenvalue weighted by Crippen LogP contribution is 2.31. The molecule has 0 atom stereocenters. The lowest BCUT2D eigenvalue weighted by Crippen LogP contribution is -2.47. The van der Waals surface area contributed by atoms with Crippen molar-refractivity contribution >= 4 is 40.0 Å². The minimum Gasteiger partial charge on any atom is -0.449 e. The van der Waals surface area contributed by atoms with Gasteiger partial charge in [0.2, 0.25) is 0 Å². The van der Waals surface area contributed by atoms with Crippen LogP contribution in [0.5, 0.6) is 0 Å². The Morgan fingerprint density at radius 2 is 1.74 bits per heavy atom. The van der Waals surface area contributed by atoms with Crippen molar-refractivity contribution in [2.75, 3.05) is 55.6 Å². The van der Waals surface area contributed by atoms with Gasteiger partial charge in [-0.25, -0.2) is 4.98 Å². The number of carbonyl (C=O) groups excluding carboxylic acids is 1. The minimum atomic E-state index is -0.161. The normalized spacial score (nSPS) is 17.1. The number of benzene rings is 1. The fraction of sp³-hybridized carbons (Fsp3) is 0.367. The molecule has 0 spiro atoms. The summed E-state index contributed by atoms with van der Waals surface area (Å²) < 4.78 is 6.18. The Morgan fingerprint density at radius 3 is 2.51 bits per heavy atom. The minimum absolute atomic E-state index is 0.0862. The van der Waals surface area contributed by atoms with Crippen LogP contribution in [0.25, 0.3) is 11.0 Å². The molecule has 0 radical (unpaired) electrons. The van der Waals surface area contributed by atoms with Gasteiger partial charge < -0.3 is 19.5 Å². The van der Waals surface area contributed by atoms with Gasteiger partial charge in [-0.05, 0) is 49.2 Å². The highest BCUT2D eigenvalue weighted by atomic mass is 35.5. The summed E-state index contributed by atoms with van der Waals surface area (Å²) in [5.74, 6) is 1.01. The molecule has 1 amide bonds. The number of furan rings is 1. The Kier molecular flexibility index (Phi) is 7.65. The Labute approximate surface area is 233 Å². The van der Waals surface area contributed by atoms with Crippen LogP contribution in [0.2, 0.25) is 5.02 Å². The summed E-state index contributed by atoms with van der Waals surface area (Å²) in [5, 5.41) is 4.79. The van der Waals surface area contributed by atoms with Crippen molar-refractivity contribution in [3.8, 4) is 0 Å². The average Bonchev–Trinajstić information content (AvgIpc) is 3.43. The number of piperidine rings is 1. The molecular weight excluding hydrogens is 512 g/mol. The summed E-state index contributed by atoms with van der Waals surface area (Å²) in [6, 6.07) is 17.9. The second-order valence-electron chi connectivity index (χ2n) is 10.2. The number of nitrogens with zero attached hydrogens (tertiary/aromatic N) is 5. The molecule has 9 heteroatoms. The third kappa shape index (κ3) is 5.87. The maximum Gasteiger partial charge on any atom is 0.287 e. The average molecular weight is 545 g/mol. The van der Waals surface area contributed by atoms with Crippen molar-refractivity contribution in [1.29, 1.82) is 0 Å². The Morgan fingerprint density at radius 1 is 0.923 bits per heavy atom. The number of piperazine rings is 1. The second kappa shape index (κ2) is 11.6. The molecule has 3 aromatic heterocycles. The first-order chi connectivity index (χ1) is 19.1. The molecule has 202 valence electrons. The summed E-state index contributed by atoms with van der Waals surface area (Å²) in [5.41, 5.74) is 2.97. The Bertz CT molecular complexity index is 1410. The Hall–Kier alpha value is -3.62. The lowest BCUT2D eigenvalue weighted by atomic mass is 10.0. The van der Waals surface area contributed by atoms with Crippen molar-refractivity contribution in [2.24, 2.45) is 0 Å². The first-order valence-electron chi connectivity index (χ1n) is 13.7. The van der Waals surface area contributed by atoms with E-state index in [1.807, 2.05) is 48.7 Å². The monoisotopic (exact) mass is 544 g/mol. The predicted octanol–water partition coefficient (Wildman–Crippen LogP) is 4.64. The molecule has 1 N–H and O–H groups in total. The quantitative estimate of drug-likeness (QED) is 0.363. The zero-order chi connectivity index (χ0) is 26.6. The summed E-state index contributed by atoms with van der Waals surface area (Å²) in [6.07, 6.45) is 6.23. The van der Waals surface area contributed by atoms with E-state index in [1.54, 1.807) is 6.20 Å². The number of para-hydroxylation sites is 1. The van der Waals surface area contributed by atoms with Crippen LogP contribution in [0.3, 0.4) is 0 Å². The van der Waals surface area contributed by atoms with Crippen LogP contribution in [0.15, 0.2) is 71.4 Å². The third-order valence-electron chi connectivity index (χ3n) is 7.74. The first kappa shape index (κ1) is 25.6. The van der Waals surface area contributed by atoms with E-state index in [4.69, 9.17) is 16.0 Å². The van der Waals surface area contributed by atoms with E-state index in [0.717, 1.165) is 93.2 Å². The number of hydrogen-bond donors (Lipinski definition) is 1. The number of amides is 1. The molecule has 6 rings (SSSR count). The van der Waals surface area contributed by atoms with E-state index >= 15 is 0 Å². The Balaban J connectivity index is 1.05. The number of carbonyl (C=O) groups is 1. The number of pyridine rings is 2. The molecule has 2 fully saturated rings. The van der Waals surface area contributed by atoms with Gasteiger partial charge in [-0.2, -0.15) is 0 Å². The highest BCUT2D eigenvalue weighted by Gasteiger charge is 2.25. The van der Waals surface area contributed by atoms with Crippen LogP contribution < -0.4 is 15.1 Å². The largest absolute Gasteiger partial charge is 0.449 e. The molecule has 8 nitrogen and oxygen atoms in total. The van der Waals surface area contributed by atoms with Gasteiger partial charge in [0, 0.05) is 81.7 Å². The molecule has 0 aliphatic carbocycles. The van der Waals surface area contributed by atoms with Crippen LogP contribution in [0, 0.1) is 0 Å². The van der Waals surface area contributed by atoms with Gasteiger partial charge in [0.05, 0.1) is 10.7 Å². The fourth-order valence-corrected chi connectivity index (χ4v) is 5.78. The van der Waals surface area contributed by atoms with Gasteiger partial charge >= 0.3 is 0 Å². The van der Waals surface area contributed by atoms with Gasteiger partial charge in [-0.15, -0.1) is 0 Å². The van der Waals surface area contributed by atoms with E-state index < -0.39 is 0 Å². The molecule has 5 heterocycles. The van der Waals surface area contributed by atoms with E-state index in [-0.39, 0.29) is 11.9 Å². The van der Waals surface area contributed by atoms with Gasteiger partial charge in [0.25, 0.3) is 5.91 Å². The van der Waals surface area contributed by atoms with E-state index in [1.165, 1.54) is 0 Å². The summed E-state index contributed by atoms with van der Waals surface area (Å²) in [6.45, 7) is 6.40. The molecule has 39 heavy (non-hydrogen) atoms. The number of hydrogen-bond acceptors (Lipinski definition) is 7. The zero-order valence-corrected chi connectivity index (χ0v) is 22.7.